The SMILES string of the molecule is Cc1ccc(C(C)(C)C)c2c1C(C)(C)CC2. The van der Waals surface area contributed by atoms with Gasteiger partial charge in [-0.15, -0.1) is 0 Å². The lowest BCUT2D eigenvalue weighted by molar-refractivity contribution is 0.520. The number of rotatable bonds is 0. The van der Waals surface area contributed by atoms with Gasteiger partial charge >= 0.3 is 0 Å². The zero-order valence-corrected chi connectivity index (χ0v) is 11.6. The Hall–Kier alpha value is -0.780. The van der Waals surface area contributed by atoms with Crippen molar-refractivity contribution in [3.63, 3.8) is 0 Å². The second-order valence-corrected chi connectivity index (χ2v) is 6.92. The lowest BCUT2D eigenvalue weighted by Crippen LogP contribution is -2.17. The Labute approximate surface area is 100 Å². The van der Waals surface area contributed by atoms with E-state index in [1.165, 1.54) is 18.4 Å². The predicted octanol–water partition coefficient (Wildman–Crippen LogP) is 4.52. The molecule has 0 aromatic heterocycles. The number of benzene rings is 1. The lowest BCUT2D eigenvalue weighted by Gasteiger charge is -2.26. The molecule has 0 heteroatoms. The highest BCUT2D eigenvalue weighted by molar-refractivity contribution is 5.50. The van der Waals surface area contributed by atoms with Crippen molar-refractivity contribution in [1.29, 1.82) is 0 Å². The largest absolute Gasteiger partial charge is 0.0587 e. The Balaban J connectivity index is 2.68. The number of hydrogen-bond acceptors (Lipinski definition) is 0. The van der Waals surface area contributed by atoms with Crippen LogP contribution in [0.4, 0.5) is 0 Å². The third-order valence-electron chi connectivity index (χ3n) is 4.01. The molecule has 1 aliphatic carbocycles. The van der Waals surface area contributed by atoms with Gasteiger partial charge in [-0.3, -0.25) is 0 Å². The zero-order chi connectivity index (χ0) is 12.1. The molecule has 0 N–H and O–H groups in total. The van der Waals surface area contributed by atoms with Gasteiger partial charge in [-0.25, -0.2) is 0 Å². The molecule has 0 heterocycles. The quantitative estimate of drug-likeness (QED) is 0.598. The number of aryl methyl sites for hydroxylation is 1. The van der Waals surface area contributed by atoms with E-state index in [1.54, 1.807) is 16.7 Å². The van der Waals surface area contributed by atoms with Gasteiger partial charge in [0, 0.05) is 0 Å². The van der Waals surface area contributed by atoms with Gasteiger partial charge in [0.05, 0.1) is 0 Å². The van der Waals surface area contributed by atoms with Crippen LogP contribution in [0.5, 0.6) is 0 Å². The standard InChI is InChI=1S/C16H24/c1-11-7-8-13(15(2,3)4)12-9-10-16(5,6)14(11)12/h7-8H,9-10H2,1-6H3. The van der Waals surface area contributed by atoms with E-state index >= 15 is 0 Å². The van der Waals surface area contributed by atoms with E-state index in [0.717, 1.165) is 0 Å². The lowest BCUT2D eigenvalue weighted by atomic mass is 9.78. The van der Waals surface area contributed by atoms with Gasteiger partial charge < -0.3 is 0 Å². The van der Waals surface area contributed by atoms with Gasteiger partial charge in [0.15, 0.2) is 0 Å². The molecule has 0 radical (unpaired) electrons. The molecule has 0 aliphatic heterocycles. The van der Waals surface area contributed by atoms with Crippen molar-refractivity contribution in [2.24, 2.45) is 0 Å². The first-order valence-electron chi connectivity index (χ1n) is 6.37. The average molecular weight is 216 g/mol. The zero-order valence-electron chi connectivity index (χ0n) is 11.6. The van der Waals surface area contributed by atoms with Gasteiger partial charge in [0.25, 0.3) is 0 Å². The van der Waals surface area contributed by atoms with Gasteiger partial charge in [0.1, 0.15) is 0 Å². The highest BCUT2D eigenvalue weighted by atomic mass is 14.4. The van der Waals surface area contributed by atoms with E-state index < -0.39 is 0 Å². The van der Waals surface area contributed by atoms with E-state index in [0.29, 0.717) is 5.41 Å². The minimum Gasteiger partial charge on any atom is -0.0587 e. The topological polar surface area (TPSA) is 0 Å². The fourth-order valence-corrected chi connectivity index (χ4v) is 3.23. The Morgan fingerprint density at radius 2 is 1.75 bits per heavy atom. The molecule has 0 saturated heterocycles. The first-order chi connectivity index (χ1) is 7.23. The van der Waals surface area contributed by atoms with Crippen LogP contribution in [0.25, 0.3) is 0 Å². The second-order valence-electron chi connectivity index (χ2n) is 6.92. The fourth-order valence-electron chi connectivity index (χ4n) is 3.23. The summed E-state index contributed by atoms with van der Waals surface area (Å²) in [6.07, 6.45) is 2.56. The maximum absolute atomic E-state index is 2.39. The van der Waals surface area contributed by atoms with Crippen LogP contribution in [0.3, 0.4) is 0 Å². The highest BCUT2D eigenvalue weighted by Crippen LogP contribution is 2.44. The minimum atomic E-state index is 0.276. The molecule has 0 spiro atoms. The highest BCUT2D eigenvalue weighted by Gasteiger charge is 2.34. The molecule has 2 rings (SSSR count). The van der Waals surface area contributed by atoms with Crippen molar-refractivity contribution in [2.75, 3.05) is 0 Å². The first kappa shape index (κ1) is 11.7. The van der Waals surface area contributed by atoms with Gasteiger partial charge in [-0.2, -0.15) is 0 Å². The van der Waals surface area contributed by atoms with E-state index in [9.17, 15) is 0 Å². The van der Waals surface area contributed by atoms with Crippen molar-refractivity contribution < 1.29 is 0 Å². The number of fused-ring (bicyclic) bond motifs is 1. The van der Waals surface area contributed by atoms with Gasteiger partial charge in [-0.05, 0) is 52.8 Å². The Morgan fingerprint density at radius 3 is 2.31 bits per heavy atom. The fraction of sp³-hybridized carbons (Fsp3) is 0.625. The maximum Gasteiger partial charge on any atom is -0.00949 e. The third-order valence-corrected chi connectivity index (χ3v) is 4.01. The summed E-state index contributed by atoms with van der Waals surface area (Å²) in [6.45, 7) is 14.0. The molecule has 16 heavy (non-hydrogen) atoms. The van der Waals surface area contributed by atoms with E-state index in [1.807, 2.05) is 0 Å². The molecular formula is C16H24. The Morgan fingerprint density at radius 1 is 1.12 bits per heavy atom. The summed E-state index contributed by atoms with van der Waals surface area (Å²) in [5.74, 6) is 0. The van der Waals surface area contributed by atoms with Crippen LogP contribution in [0.1, 0.15) is 63.3 Å². The smallest absolute Gasteiger partial charge is 0.00949 e. The van der Waals surface area contributed by atoms with Gasteiger partial charge in [0.2, 0.25) is 0 Å². The molecule has 1 aromatic rings. The summed E-state index contributed by atoms with van der Waals surface area (Å²) in [5, 5.41) is 0. The second kappa shape index (κ2) is 3.35. The molecule has 0 nitrogen and oxygen atoms in total. The van der Waals surface area contributed by atoms with Crippen LogP contribution >= 0.6 is 0 Å². The van der Waals surface area contributed by atoms with Crippen molar-refractivity contribution in [3.05, 3.63) is 34.4 Å². The summed E-state index contributed by atoms with van der Waals surface area (Å²) in [7, 11) is 0. The van der Waals surface area contributed by atoms with Crippen molar-refractivity contribution in [1.82, 2.24) is 0 Å². The summed E-state index contributed by atoms with van der Waals surface area (Å²) in [4.78, 5) is 0. The molecule has 0 unspecified atom stereocenters. The van der Waals surface area contributed by atoms with Crippen molar-refractivity contribution in [3.8, 4) is 0 Å². The van der Waals surface area contributed by atoms with Crippen LogP contribution in [-0.4, -0.2) is 0 Å². The summed E-state index contributed by atoms with van der Waals surface area (Å²) in [6, 6.07) is 4.65. The van der Waals surface area contributed by atoms with Crippen molar-refractivity contribution in [2.45, 2.75) is 65.2 Å². The summed E-state index contributed by atoms with van der Waals surface area (Å²) in [5.41, 5.74) is 6.94. The van der Waals surface area contributed by atoms with E-state index in [4.69, 9.17) is 0 Å². The molecule has 0 fully saturated rings. The third kappa shape index (κ3) is 1.69. The van der Waals surface area contributed by atoms with Crippen LogP contribution in [0.2, 0.25) is 0 Å². The normalized spacial score (nSPS) is 18.6. The summed E-state index contributed by atoms with van der Waals surface area (Å²) >= 11 is 0. The Kier molecular flexibility index (Phi) is 2.45. The molecular weight excluding hydrogens is 192 g/mol. The molecule has 0 amide bonds. The molecule has 0 bridgehead atoms. The molecule has 1 aromatic carbocycles. The molecule has 88 valence electrons. The monoisotopic (exact) mass is 216 g/mol. The van der Waals surface area contributed by atoms with Gasteiger partial charge in [-0.1, -0.05) is 46.8 Å². The van der Waals surface area contributed by atoms with E-state index in [2.05, 4.69) is 53.7 Å². The Bertz CT molecular complexity index is 416. The average Bonchev–Trinajstić information content (AvgIpc) is 2.41. The predicted molar refractivity (Wildman–Crippen MR) is 71.2 cm³/mol. The van der Waals surface area contributed by atoms with Crippen LogP contribution in [0.15, 0.2) is 12.1 Å². The minimum absolute atomic E-state index is 0.276. The van der Waals surface area contributed by atoms with Crippen LogP contribution in [-0.2, 0) is 17.3 Å². The molecule has 1 aliphatic rings. The van der Waals surface area contributed by atoms with Crippen LogP contribution < -0.4 is 0 Å². The first-order valence-corrected chi connectivity index (χ1v) is 6.37. The molecule has 0 saturated carbocycles. The maximum atomic E-state index is 2.39. The van der Waals surface area contributed by atoms with Crippen LogP contribution in [0, 0.1) is 6.92 Å². The summed E-state index contributed by atoms with van der Waals surface area (Å²) < 4.78 is 0. The number of hydrogen-bond donors (Lipinski definition) is 0. The molecule has 0 atom stereocenters. The van der Waals surface area contributed by atoms with E-state index in [-0.39, 0.29) is 5.41 Å². The van der Waals surface area contributed by atoms with Crippen molar-refractivity contribution >= 4 is 0 Å².